The summed E-state index contributed by atoms with van der Waals surface area (Å²) in [6, 6.07) is 0.586. The number of likely N-dealkylation sites (N-methyl/N-ethyl adjacent to an activating group) is 1. The molecule has 0 bridgehead atoms. The predicted molar refractivity (Wildman–Crippen MR) is 153 cm³/mol. The van der Waals surface area contributed by atoms with Gasteiger partial charge >= 0.3 is 12.5 Å². The van der Waals surface area contributed by atoms with Crippen LogP contribution in [-0.4, -0.2) is 91.4 Å². The molecule has 0 aliphatic heterocycles. The van der Waals surface area contributed by atoms with E-state index < -0.39 is 0 Å². The molecule has 3 aliphatic rings. The van der Waals surface area contributed by atoms with Gasteiger partial charge in [0, 0.05) is 50.7 Å². The highest BCUT2D eigenvalue weighted by Gasteiger charge is 2.30. The molecular formula is C29H50N6O6. The minimum atomic E-state index is -0.146. The third kappa shape index (κ3) is 11.1. The number of nitrogens with one attached hydrogen (secondary N) is 4. The maximum Gasteiger partial charge on any atom is 0.315 e. The van der Waals surface area contributed by atoms with E-state index in [1.54, 1.807) is 11.9 Å². The summed E-state index contributed by atoms with van der Waals surface area (Å²) in [6.45, 7) is 2.90. The Labute approximate surface area is 244 Å². The van der Waals surface area contributed by atoms with Gasteiger partial charge in [-0.25, -0.2) is 4.79 Å². The van der Waals surface area contributed by atoms with Crippen molar-refractivity contribution >= 4 is 30.7 Å². The van der Waals surface area contributed by atoms with Crippen molar-refractivity contribution in [2.24, 2.45) is 11.8 Å². The van der Waals surface area contributed by atoms with E-state index in [1.807, 2.05) is 0 Å². The number of carbonyl (C=O) groups excluding carboxylic acids is 5. The highest BCUT2D eigenvalue weighted by Crippen LogP contribution is 2.28. The fourth-order valence-corrected chi connectivity index (χ4v) is 6.53. The molecule has 0 heterocycles. The molecule has 12 heteroatoms. The van der Waals surface area contributed by atoms with Crippen molar-refractivity contribution in [3.05, 3.63) is 0 Å². The van der Waals surface area contributed by atoms with Crippen molar-refractivity contribution in [2.45, 2.75) is 115 Å². The Morgan fingerprint density at radius 2 is 1.51 bits per heavy atom. The smallest absolute Gasteiger partial charge is 0.315 e. The van der Waals surface area contributed by atoms with Crippen LogP contribution >= 0.6 is 0 Å². The van der Waals surface area contributed by atoms with Crippen LogP contribution in [0.4, 0.5) is 4.79 Å². The molecule has 0 aromatic rings. The summed E-state index contributed by atoms with van der Waals surface area (Å²) >= 11 is 0. The molecule has 41 heavy (non-hydrogen) atoms. The molecule has 3 aliphatic carbocycles. The summed E-state index contributed by atoms with van der Waals surface area (Å²) in [5.41, 5.74) is 2.39. The Morgan fingerprint density at radius 1 is 0.854 bits per heavy atom. The Hall–Kier alpha value is -2.89. The third-order valence-electron chi connectivity index (χ3n) is 9.21. The number of hydrogen-bond acceptors (Lipinski definition) is 7. The Morgan fingerprint density at radius 3 is 2.17 bits per heavy atom. The van der Waals surface area contributed by atoms with Crippen LogP contribution in [0.5, 0.6) is 0 Å². The first-order valence-electron chi connectivity index (χ1n) is 15.4. The van der Waals surface area contributed by atoms with Gasteiger partial charge in [0.2, 0.25) is 18.2 Å². The van der Waals surface area contributed by atoms with E-state index >= 15 is 0 Å². The molecule has 0 radical (unpaired) electrons. The zero-order chi connectivity index (χ0) is 29.6. The molecule has 3 fully saturated rings. The fraction of sp³-hybridized carbons (Fsp3) is 0.828. The number of rotatable bonds is 14. The van der Waals surface area contributed by atoms with E-state index in [2.05, 4.69) is 33.2 Å². The largest absolute Gasteiger partial charge is 0.374 e. The van der Waals surface area contributed by atoms with Crippen molar-refractivity contribution in [2.75, 3.05) is 26.7 Å². The zero-order valence-corrected chi connectivity index (χ0v) is 24.8. The average Bonchev–Trinajstić information content (AvgIpc) is 2.96. The number of hydroxylamine groups is 1. The molecule has 4 N–H and O–H groups in total. The standard InChI is InChI=1S/C29H50N6O6/c1-21-5-3-4-6-26(21)33-29(40)32-24-9-7-22(8-10-24)17-27(38)31-23-11-13-25(14-12-23)34(2)28(39)18-35(19-36)16-15-30-41-20-37/h19-26,30H,3-18H2,1-2H3,(H,31,38)(H2,32,33,40). The lowest BCUT2D eigenvalue weighted by atomic mass is 9.83. The first-order valence-corrected chi connectivity index (χ1v) is 15.4. The summed E-state index contributed by atoms with van der Waals surface area (Å²) in [4.78, 5) is 66.8. The lowest BCUT2D eigenvalue weighted by Crippen LogP contribution is -2.49. The molecule has 3 rings (SSSR count). The lowest BCUT2D eigenvalue weighted by molar-refractivity contribution is -0.138. The first-order chi connectivity index (χ1) is 19.8. The van der Waals surface area contributed by atoms with E-state index in [4.69, 9.17) is 0 Å². The fourth-order valence-electron chi connectivity index (χ4n) is 6.53. The summed E-state index contributed by atoms with van der Waals surface area (Å²) in [7, 11) is 1.76. The molecular weight excluding hydrogens is 528 g/mol. The van der Waals surface area contributed by atoms with Crippen molar-refractivity contribution in [3.63, 3.8) is 0 Å². The van der Waals surface area contributed by atoms with Gasteiger partial charge in [0.05, 0.1) is 6.54 Å². The Bertz CT molecular complexity index is 859. The number of hydrogen-bond donors (Lipinski definition) is 4. The van der Waals surface area contributed by atoms with Crippen LogP contribution < -0.4 is 21.4 Å². The van der Waals surface area contributed by atoms with Crippen molar-refractivity contribution in [1.82, 2.24) is 31.2 Å². The van der Waals surface area contributed by atoms with E-state index in [0.717, 1.165) is 57.8 Å². The molecule has 2 unspecified atom stereocenters. The Balaban J connectivity index is 1.28. The van der Waals surface area contributed by atoms with E-state index in [0.29, 0.717) is 24.7 Å². The monoisotopic (exact) mass is 578 g/mol. The maximum atomic E-state index is 12.8. The SMILES string of the molecule is CC1CCCCC1NC(=O)NC1CCC(CC(=O)NC2CCC(N(C)C(=O)CN(C=O)CCNOC=O)CC2)CC1. The van der Waals surface area contributed by atoms with E-state index in [1.165, 1.54) is 24.2 Å². The van der Waals surface area contributed by atoms with Gasteiger partial charge in [-0.15, -0.1) is 0 Å². The quantitative estimate of drug-likeness (QED) is 0.140. The van der Waals surface area contributed by atoms with Crippen molar-refractivity contribution < 1.29 is 28.8 Å². The van der Waals surface area contributed by atoms with Gasteiger partial charge in [-0.05, 0) is 76.0 Å². The maximum absolute atomic E-state index is 12.8. The average molecular weight is 579 g/mol. The van der Waals surface area contributed by atoms with Crippen LogP contribution in [0.25, 0.3) is 0 Å². The predicted octanol–water partition coefficient (Wildman–Crippen LogP) is 1.84. The normalized spacial score (nSPS) is 28.0. The summed E-state index contributed by atoms with van der Waals surface area (Å²) in [5.74, 6) is 0.821. The number of nitrogens with zero attached hydrogens (tertiary/aromatic N) is 2. The molecule has 12 nitrogen and oxygen atoms in total. The van der Waals surface area contributed by atoms with Crippen LogP contribution in [0.2, 0.25) is 0 Å². The van der Waals surface area contributed by atoms with Crippen molar-refractivity contribution in [1.29, 1.82) is 0 Å². The summed E-state index contributed by atoms with van der Waals surface area (Å²) < 4.78 is 0. The van der Waals surface area contributed by atoms with Crippen LogP contribution in [-0.2, 0) is 24.0 Å². The Kier molecular flexibility index (Phi) is 13.6. The zero-order valence-electron chi connectivity index (χ0n) is 24.8. The summed E-state index contributed by atoms with van der Waals surface area (Å²) in [6.07, 6.45) is 12.7. The van der Waals surface area contributed by atoms with Gasteiger partial charge in [-0.3, -0.25) is 19.2 Å². The van der Waals surface area contributed by atoms with E-state index in [-0.39, 0.29) is 68.1 Å². The minimum Gasteiger partial charge on any atom is -0.374 e. The third-order valence-corrected chi connectivity index (χ3v) is 9.21. The number of amides is 5. The molecule has 232 valence electrons. The van der Waals surface area contributed by atoms with Gasteiger partial charge in [0.1, 0.15) is 0 Å². The second-order valence-electron chi connectivity index (χ2n) is 12.2. The van der Waals surface area contributed by atoms with Gasteiger partial charge in [0.25, 0.3) is 0 Å². The second kappa shape index (κ2) is 17.2. The molecule has 2 atom stereocenters. The molecule has 0 aromatic carbocycles. The molecule has 0 spiro atoms. The number of urea groups is 1. The van der Waals surface area contributed by atoms with Gasteiger partial charge < -0.3 is 30.6 Å². The highest BCUT2D eigenvalue weighted by atomic mass is 16.7. The van der Waals surface area contributed by atoms with E-state index in [9.17, 15) is 24.0 Å². The number of carbonyl (C=O) groups is 5. The topological polar surface area (TPSA) is 149 Å². The molecule has 0 aromatic heterocycles. The second-order valence-corrected chi connectivity index (χ2v) is 12.2. The van der Waals surface area contributed by atoms with Gasteiger partial charge in [-0.1, -0.05) is 19.8 Å². The van der Waals surface area contributed by atoms with Gasteiger partial charge in [0.15, 0.2) is 0 Å². The highest BCUT2D eigenvalue weighted by molar-refractivity contribution is 5.80. The first kappa shape index (κ1) is 32.6. The minimum absolute atomic E-state index is 0.0401. The van der Waals surface area contributed by atoms with Crippen LogP contribution in [0.15, 0.2) is 0 Å². The molecule has 0 saturated heterocycles. The van der Waals surface area contributed by atoms with Crippen molar-refractivity contribution in [3.8, 4) is 0 Å². The van der Waals surface area contributed by atoms with Crippen LogP contribution in [0.1, 0.15) is 90.4 Å². The molecule has 3 saturated carbocycles. The lowest BCUT2D eigenvalue weighted by Gasteiger charge is -2.36. The van der Waals surface area contributed by atoms with Gasteiger partial charge in [-0.2, -0.15) is 5.48 Å². The van der Waals surface area contributed by atoms with Crippen LogP contribution in [0.3, 0.4) is 0 Å². The summed E-state index contributed by atoms with van der Waals surface area (Å²) in [5, 5.41) is 9.53. The molecule has 5 amide bonds. The van der Waals surface area contributed by atoms with Crippen LogP contribution in [0, 0.1) is 11.8 Å².